The molecule has 1 heteroatoms. The van der Waals surface area contributed by atoms with Gasteiger partial charge in [-0.05, 0) is 55.8 Å². The molecule has 4 unspecified atom stereocenters. The van der Waals surface area contributed by atoms with Crippen molar-refractivity contribution in [1.82, 2.24) is 5.32 Å². The van der Waals surface area contributed by atoms with Crippen LogP contribution in [0, 0.1) is 17.3 Å². The Labute approximate surface area is 101 Å². The fourth-order valence-corrected chi connectivity index (χ4v) is 3.86. The Balaban J connectivity index is 1.82. The maximum atomic E-state index is 3.94. The van der Waals surface area contributed by atoms with Crippen molar-refractivity contribution in [3.05, 3.63) is 0 Å². The second kappa shape index (κ2) is 4.68. The Morgan fingerprint density at radius 2 is 1.81 bits per heavy atom. The Morgan fingerprint density at radius 3 is 2.38 bits per heavy atom. The van der Waals surface area contributed by atoms with Crippen LogP contribution < -0.4 is 5.32 Å². The fourth-order valence-electron chi connectivity index (χ4n) is 3.86. The van der Waals surface area contributed by atoms with E-state index < -0.39 is 0 Å². The Morgan fingerprint density at radius 1 is 1.06 bits per heavy atom. The molecule has 0 aromatic rings. The molecule has 2 fully saturated rings. The van der Waals surface area contributed by atoms with Gasteiger partial charge in [0.25, 0.3) is 0 Å². The lowest BCUT2D eigenvalue weighted by Gasteiger charge is -2.40. The van der Waals surface area contributed by atoms with Crippen LogP contribution in [0.4, 0.5) is 0 Å². The third-order valence-electron chi connectivity index (χ3n) is 4.84. The molecular formula is C15H29N. The molecule has 0 radical (unpaired) electrons. The van der Waals surface area contributed by atoms with E-state index in [1.807, 2.05) is 0 Å². The molecule has 0 aromatic heterocycles. The van der Waals surface area contributed by atoms with E-state index in [9.17, 15) is 0 Å². The Hall–Kier alpha value is -0.0400. The van der Waals surface area contributed by atoms with Crippen molar-refractivity contribution in [1.29, 1.82) is 0 Å². The van der Waals surface area contributed by atoms with E-state index in [-0.39, 0.29) is 0 Å². The van der Waals surface area contributed by atoms with Gasteiger partial charge in [0.1, 0.15) is 0 Å². The van der Waals surface area contributed by atoms with Crippen LogP contribution in [0.5, 0.6) is 0 Å². The van der Waals surface area contributed by atoms with E-state index in [4.69, 9.17) is 0 Å². The first-order chi connectivity index (χ1) is 7.46. The molecule has 2 saturated carbocycles. The predicted molar refractivity (Wildman–Crippen MR) is 70.5 cm³/mol. The minimum atomic E-state index is 0.584. The van der Waals surface area contributed by atoms with Crippen LogP contribution in [-0.4, -0.2) is 12.1 Å². The smallest absolute Gasteiger partial charge is 0.00956 e. The third-order valence-corrected chi connectivity index (χ3v) is 4.84. The van der Waals surface area contributed by atoms with Crippen molar-refractivity contribution in [3.8, 4) is 0 Å². The summed E-state index contributed by atoms with van der Waals surface area (Å²) in [5.41, 5.74) is 0.584. The van der Waals surface area contributed by atoms with Crippen molar-refractivity contribution >= 4 is 0 Å². The van der Waals surface area contributed by atoms with Crippen molar-refractivity contribution in [2.75, 3.05) is 0 Å². The maximum absolute atomic E-state index is 3.94. The number of rotatable bonds is 2. The lowest BCUT2D eigenvalue weighted by molar-refractivity contribution is 0.141. The molecule has 0 aliphatic heterocycles. The predicted octanol–water partition coefficient (Wildman–Crippen LogP) is 3.98. The van der Waals surface area contributed by atoms with Gasteiger partial charge in [0.2, 0.25) is 0 Å². The standard InChI is InChI=1S/C15H29N/c1-11-5-6-13(9-11)16-14-7-8-15(3,4)10-12(14)2/h11-14,16H,5-10H2,1-4H3. The van der Waals surface area contributed by atoms with Gasteiger partial charge in [-0.3, -0.25) is 0 Å². The number of nitrogens with one attached hydrogen (secondary N) is 1. The summed E-state index contributed by atoms with van der Waals surface area (Å²) in [6.07, 6.45) is 8.44. The molecule has 2 aliphatic rings. The summed E-state index contributed by atoms with van der Waals surface area (Å²) < 4.78 is 0. The molecule has 1 nitrogen and oxygen atoms in total. The highest BCUT2D eigenvalue weighted by molar-refractivity contribution is 4.90. The van der Waals surface area contributed by atoms with Gasteiger partial charge in [0.15, 0.2) is 0 Å². The van der Waals surface area contributed by atoms with Crippen LogP contribution in [0.25, 0.3) is 0 Å². The van der Waals surface area contributed by atoms with Crippen molar-refractivity contribution in [2.45, 2.75) is 78.3 Å². The molecule has 16 heavy (non-hydrogen) atoms. The average molecular weight is 223 g/mol. The molecule has 1 N–H and O–H groups in total. The molecule has 0 aromatic carbocycles. The topological polar surface area (TPSA) is 12.0 Å². The van der Waals surface area contributed by atoms with Crippen LogP contribution in [0.15, 0.2) is 0 Å². The molecule has 0 heterocycles. The third kappa shape index (κ3) is 3.00. The Bertz CT molecular complexity index is 234. The summed E-state index contributed by atoms with van der Waals surface area (Å²) in [5, 5.41) is 3.94. The van der Waals surface area contributed by atoms with Crippen molar-refractivity contribution in [3.63, 3.8) is 0 Å². The highest BCUT2D eigenvalue weighted by Gasteiger charge is 2.34. The molecule has 4 atom stereocenters. The summed E-state index contributed by atoms with van der Waals surface area (Å²) in [7, 11) is 0. The zero-order chi connectivity index (χ0) is 11.8. The molecule has 94 valence electrons. The van der Waals surface area contributed by atoms with Crippen LogP contribution in [0.2, 0.25) is 0 Å². The van der Waals surface area contributed by atoms with Gasteiger partial charge < -0.3 is 5.32 Å². The van der Waals surface area contributed by atoms with Crippen LogP contribution in [0.1, 0.15) is 66.2 Å². The summed E-state index contributed by atoms with van der Waals surface area (Å²) in [6, 6.07) is 1.62. The summed E-state index contributed by atoms with van der Waals surface area (Å²) in [4.78, 5) is 0. The second-order valence-corrected chi connectivity index (χ2v) is 7.27. The number of hydrogen-bond acceptors (Lipinski definition) is 1. The highest BCUT2D eigenvalue weighted by atomic mass is 15.0. The fraction of sp³-hybridized carbons (Fsp3) is 1.00. The zero-order valence-electron chi connectivity index (χ0n) is 11.6. The molecule has 0 amide bonds. The van der Waals surface area contributed by atoms with Gasteiger partial charge >= 0.3 is 0 Å². The molecule has 0 bridgehead atoms. The van der Waals surface area contributed by atoms with E-state index in [1.54, 1.807) is 0 Å². The van der Waals surface area contributed by atoms with E-state index in [0.717, 1.165) is 23.9 Å². The first kappa shape index (κ1) is 12.4. The molecule has 2 rings (SSSR count). The molecule has 0 spiro atoms. The first-order valence-electron chi connectivity index (χ1n) is 7.22. The maximum Gasteiger partial charge on any atom is 0.00956 e. The first-order valence-corrected chi connectivity index (χ1v) is 7.22. The Kier molecular flexibility index (Phi) is 3.63. The van der Waals surface area contributed by atoms with Crippen molar-refractivity contribution in [2.24, 2.45) is 17.3 Å². The number of hydrogen-bond donors (Lipinski definition) is 1. The lowest BCUT2D eigenvalue weighted by atomic mass is 9.70. The van der Waals surface area contributed by atoms with E-state index in [2.05, 4.69) is 33.0 Å². The molecule has 0 saturated heterocycles. The van der Waals surface area contributed by atoms with Gasteiger partial charge in [-0.25, -0.2) is 0 Å². The van der Waals surface area contributed by atoms with Crippen LogP contribution >= 0.6 is 0 Å². The minimum Gasteiger partial charge on any atom is -0.311 e. The second-order valence-electron chi connectivity index (χ2n) is 7.27. The van der Waals surface area contributed by atoms with Crippen LogP contribution in [0.3, 0.4) is 0 Å². The zero-order valence-corrected chi connectivity index (χ0v) is 11.6. The van der Waals surface area contributed by atoms with Crippen molar-refractivity contribution < 1.29 is 0 Å². The van der Waals surface area contributed by atoms with Gasteiger partial charge in [-0.1, -0.05) is 27.7 Å². The SMILES string of the molecule is CC1CCC(NC2CCC(C)(C)CC2C)C1. The van der Waals surface area contributed by atoms with Crippen LogP contribution in [-0.2, 0) is 0 Å². The highest BCUT2D eigenvalue weighted by Crippen LogP contribution is 2.39. The summed E-state index contributed by atoms with van der Waals surface area (Å²) in [6.45, 7) is 9.70. The van der Waals surface area contributed by atoms with Gasteiger partial charge in [-0.15, -0.1) is 0 Å². The quantitative estimate of drug-likeness (QED) is 0.746. The van der Waals surface area contributed by atoms with E-state index in [0.29, 0.717) is 5.41 Å². The largest absolute Gasteiger partial charge is 0.311 e. The van der Waals surface area contributed by atoms with Gasteiger partial charge in [0, 0.05) is 12.1 Å². The summed E-state index contributed by atoms with van der Waals surface area (Å²) >= 11 is 0. The molecular weight excluding hydrogens is 194 g/mol. The monoisotopic (exact) mass is 223 g/mol. The van der Waals surface area contributed by atoms with Gasteiger partial charge in [0.05, 0.1) is 0 Å². The van der Waals surface area contributed by atoms with E-state index >= 15 is 0 Å². The minimum absolute atomic E-state index is 0.584. The normalized spacial score (nSPS) is 43.5. The summed E-state index contributed by atoms with van der Waals surface area (Å²) in [5.74, 6) is 1.81. The average Bonchev–Trinajstić information content (AvgIpc) is 2.56. The van der Waals surface area contributed by atoms with Gasteiger partial charge in [-0.2, -0.15) is 0 Å². The van der Waals surface area contributed by atoms with E-state index in [1.165, 1.54) is 38.5 Å². The molecule has 2 aliphatic carbocycles. The lowest BCUT2D eigenvalue weighted by Crippen LogP contribution is -2.45.